The molecule has 0 saturated carbocycles. The highest BCUT2D eigenvalue weighted by Crippen LogP contribution is 2.32. The maximum atomic E-state index is 11.2. The van der Waals surface area contributed by atoms with Crippen LogP contribution in [0.1, 0.15) is 22.1 Å². The molecule has 3 rings (SSSR count). The number of aromatic nitrogens is 1. The van der Waals surface area contributed by atoms with Crippen molar-refractivity contribution in [1.29, 1.82) is 0 Å². The van der Waals surface area contributed by atoms with E-state index in [2.05, 4.69) is 15.2 Å². The zero-order valence-corrected chi connectivity index (χ0v) is 16.1. The van der Waals surface area contributed by atoms with Gasteiger partial charge in [0.05, 0.1) is 33.5 Å². The second-order valence-corrected chi connectivity index (χ2v) is 6.37. The molecule has 1 aliphatic heterocycles. The molecule has 0 bridgehead atoms. The molecule has 28 heavy (non-hydrogen) atoms. The van der Waals surface area contributed by atoms with Gasteiger partial charge < -0.3 is 24.6 Å². The van der Waals surface area contributed by atoms with E-state index in [1.165, 1.54) is 6.07 Å². The molecule has 150 valence electrons. The number of nitrogens with zero attached hydrogens (tertiary/aromatic N) is 2. The van der Waals surface area contributed by atoms with Crippen molar-refractivity contribution in [2.24, 2.45) is 0 Å². The normalized spacial score (nSPS) is 15.6. The minimum Gasteiger partial charge on any atom is -0.493 e. The zero-order chi connectivity index (χ0) is 19.9. The Hall–Kier alpha value is -2.84. The number of carboxylic acids is 1. The summed E-state index contributed by atoms with van der Waals surface area (Å²) in [6, 6.07) is 10.8. The van der Waals surface area contributed by atoms with Gasteiger partial charge in [-0.3, -0.25) is 4.90 Å². The second kappa shape index (κ2) is 9.38. The number of anilines is 1. The van der Waals surface area contributed by atoms with E-state index < -0.39 is 5.97 Å². The number of nitrogens with one attached hydrogen (secondary N) is 1. The summed E-state index contributed by atoms with van der Waals surface area (Å²) < 4.78 is 16.3. The van der Waals surface area contributed by atoms with E-state index in [1.807, 2.05) is 18.2 Å². The Balaban J connectivity index is 1.83. The molecule has 1 aromatic heterocycles. The molecule has 0 aliphatic carbocycles. The molecule has 1 atom stereocenters. The van der Waals surface area contributed by atoms with Crippen LogP contribution < -0.4 is 14.8 Å². The van der Waals surface area contributed by atoms with Crippen molar-refractivity contribution in [1.82, 2.24) is 9.88 Å². The van der Waals surface area contributed by atoms with Gasteiger partial charge in [-0.25, -0.2) is 9.78 Å². The maximum absolute atomic E-state index is 11.2. The first kappa shape index (κ1) is 19.9. The van der Waals surface area contributed by atoms with Crippen molar-refractivity contribution < 1.29 is 24.1 Å². The van der Waals surface area contributed by atoms with Crippen LogP contribution >= 0.6 is 0 Å². The van der Waals surface area contributed by atoms with E-state index in [-0.39, 0.29) is 11.7 Å². The molecule has 8 nitrogen and oxygen atoms in total. The van der Waals surface area contributed by atoms with Crippen LogP contribution in [0.3, 0.4) is 0 Å². The van der Waals surface area contributed by atoms with Crippen molar-refractivity contribution in [3.8, 4) is 11.5 Å². The molecular formula is C20H25N3O5. The summed E-state index contributed by atoms with van der Waals surface area (Å²) >= 11 is 0. The quantitative estimate of drug-likeness (QED) is 0.713. The van der Waals surface area contributed by atoms with Gasteiger partial charge in [0.1, 0.15) is 5.82 Å². The number of carbonyl (C=O) groups is 1. The van der Waals surface area contributed by atoms with Gasteiger partial charge in [0.25, 0.3) is 0 Å². The monoisotopic (exact) mass is 387 g/mol. The molecule has 1 unspecified atom stereocenters. The average molecular weight is 387 g/mol. The van der Waals surface area contributed by atoms with Gasteiger partial charge in [-0.05, 0) is 29.8 Å². The van der Waals surface area contributed by atoms with E-state index in [1.54, 1.807) is 26.4 Å². The van der Waals surface area contributed by atoms with E-state index in [9.17, 15) is 4.79 Å². The number of rotatable bonds is 8. The molecule has 2 N–H and O–H groups in total. The standard InChI is InChI=1S/C20H25N3O5/c1-26-17-7-6-14(12-18(17)27-2)16(23-8-10-28-11-9-23)13-21-19-5-3-4-15(22-19)20(24)25/h3-7,12,16H,8-11,13H2,1-2H3,(H,21,22)(H,24,25). The van der Waals surface area contributed by atoms with Gasteiger partial charge in [0, 0.05) is 19.6 Å². The molecule has 2 aromatic rings. The van der Waals surface area contributed by atoms with Gasteiger partial charge in [-0.15, -0.1) is 0 Å². The van der Waals surface area contributed by atoms with Crippen LogP contribution in [-0.2, 0) is 4.74 Å². The van der Waals surface area contributed by atoms with E-state index in [4.69, 9.17) is 19.3 Å². The largest absolute Gasteiger partial charge is 0.493 e. The average Bonchev–Trinajstić information content (AvgIpc) is 2.74. The summed E-state index contributed by atoms with van der Waals surface area (Å²) in [5.41, 5.74) is 1.08. The van der Waals surface area contributed by atoms with Gasteiger partial charge in [0.2, 0.25) is 0 Å². The van der Waals surface area contributed by atoms with E-state index >= 15 is 0 Å². The zero-order valence-electron chi connectivity index (χ0n) is 16.1. The summed E-state index contributed by atoms with van der Waals surface area (Å²) in [6.07, 6.45) is 0. The molecule has 1 aromatic carbocycles. The fourth-order valence-corrected chi connectivity index (χ4v) is 3.26. The lowest BCUT2D eigenvalue weighted by molar-refractivity contribution is 0.0186. The molecule has 0 radical (unpaired) electrons. The van der Waals surface area contributed by atoms with Gasteiger partial charge in [0.15, 0.2) is 17.2 Å². The van der Waals surface area contributed by atoms with Crippen molar-refractivity contribution in [2.75, 3.05) is 52.4 Å². The van der Waals surface area contributed by atoms with Crippen molar-refractivity contribution in [3.63, 3.8) is 0 Å². The SMILES string of the molecule is COc1ccc(C(CNc2cccc(C(=O)O)n2)N2CCOCC2)cc1OC. The Labute approximate surface area is 164 Å². The minimum absolute atomic E-state index is 0.0130. The van der Waals surface area contributed by atoms with Crippen LogP contribution in [0.4, 0.5) is 5.82 Å². The third-order valence-electron chi connectivity index (χ3n) is 4.72. The number of hydrogen-bond donors (Lipinski definition) is 2. The Kier molecular flexibility index (Phi) is 6.67. The van der Waals surface area contributed by atoms with Crippen LogP contribution in [0.25, 0.3) is 0 Å². The summed E-state index contributed by atoms with van der Waals surface area (Å²) in [5.74, 6) is 0.826. The number of hydrogen-bond acceptors (Lipinski definition) is 7. The summed E-state index contributed by atoms with van der Waals surface area (Å²) in [6.45, 7) is 3.53. The predicted octanol–water partition coefficient (Wildman–Crippen LogP) is 2.28. The number of benzene rings is 1. The molecule has 1 saturated heterocycles. The Morgan fingerprint density at radius 1 is 1.21 bits per heavy atom. The van der Waals surface area contributed by atoms with E-state index in [0.29, 0.717) is 37.1 Å². The smallest absolute Gasteiger partial charge is 0.354 e. The fraction of sp³-hybridized carbons (Fsp3) is 0.400. The van der Waals surface area contributed by atoms with Crippen molar-refractivity contribution >= 4 is 11.8 Å². The number of ether oxygens (including phenoxy) is 3. The number of pyridine rings is 1. The molecule has 8 heteroatoms. The summed E-state index contributed by atoms with van der Waals surface area (Å²) in [7, 11) is 3.23. The highest BCUT2D eigenvalue weighted by atomic mass is 16.5. The van der Waals surface area contributed by atoms with Gasteiger partial charge >= 0.3 is 5.97 Å². The van der Waals surface area contributed by atoms with Gasteiger partial charge in [-0.1, -0.05) is 12.1 Å². The van der Waals surface area contributed by atoms with Crippen LogP contribution in [0.2, 0.25) is 0 Å². The van der Waals surface area contributed by atoms with Crippen LogP contribution in [0.5, 0.6) is 11.5 Å². The first-order chi connectivity index (χ1) is 13.6. The maximum Gasteiger partial charge on any atom is 0.354 e. The molecular weight excluding hydrogens is 362 g/mol. The lowest BCUT2D eigenvalue weighted by Gasteiger charge is -2.35. The number of methoxy groups -OCH3 is 2. The highest BCUT2D eigenvalue weighted by molar-refractivity contribution is 5.85. The number of carboxylic acid groups (broad SMARTS) is 1. The first-order valence-corrected chi connectivity index (χ1v) is 9.10. The third-order valence-corrected chi connectivity index (χ3v) is 4.72. The predicted molar refractivity (Wildman–Crippen MR) is 104 cm³/mol. The molecule has 2 heterocycles. The highest BCUT2D eigenvalue weighted by Gasteiger charge is 2.24. The lowest BCUT2D eigenvalue weighted by atomic mass is 10.0. The first-order valence-electron chi connectivity index (χ1n) is 9.10. The molecule has 1 aliphatic rings. The minimum atomic E-state index is -1.05. The topological polar surface area (TPSA) is 93.2 Å². The van der Waals surface area contributed by atoms with Crippen LogP contribution in [-0.4, -0.2) is 68.0 Å². The third kappa shape index (κ3) is 4.71. The van der Waals surface area contributed by atoms with Crippen molar-refractivity contribution in [3.05, 3.63) is 47.7 Å². The Morgan fingerprint density at radius 3 is 2.64 bits per heavy atom. The molecule has 1 fully saturated rings. The van der Waals surface area contributed by atoms with Crippen LogP contribution in [0, 0.1) is 0 Å². The molecule has 0 spiro atoms. The van der Waals surface area contributed by atoms with Crippen molar-refractivity contribution in [2.45, 2.75) is 6.04 Å². The summed E-state index contributed by atoms with van der Waals surface area (Å²) in [4.78, 5) is 17.6. The number of aromatic carboxylic acids is 1. The molecule has 0 amide bonds. The fourth-order valence-electron chi connectivity index (χ4n) is 3.26. The second-order valence-electron chi connectivity index (χ2n) is 6.37. The number of morpholine rings is 1. The lowest BCUT2D eigenvalue weighted by Crippen LogP contribution is -2.41. The van der Waals surface area contributed by atoms with Gasteiger partial charge in [-0.2, -0.15) is 0 Å². The van der Waals surface area contributed by atoms with Crippen LogP contribution in [0.15, 0.2) is 36.4 Å². The summed E-state index contributed by atoms with van der Waals surface area (Å²) in [5, 5.41) is 12.4. The Morgan fingerprint density at radius 2 is 1.96 bits per heavy atom. The Bertz CT molecular complexity index is 808. The van der Waals surface area contributed by atoms with E-state index in [0.717, 1.165) is 18.7 Å².